The molecular weight excluding hydrogens is 308 g/mol. The summed E-state index contributed by atoms with van der Waals surface area (Å²) in [6, 6.07) is 1.49. The van der Waals surface area contributed by atoms with Gasteiger partial charge in [-0.1, -0.05) is 0 Å². The van der Waals surface area contributed by atoms with E-state index in [4.69, 9.17) is 5.11 Å². The maximum Gasteiger partial charge on any atom is 0.243 e. The molecule has 1 aliphatic rings. The topological polar surface area (TPSA) is 66.4 Å². The van der Waals surface area contributed by atoms with E-state index in [1.807, 2.05) is 0 Å². The van der Waals surface area contributed by atoms with Crippen LogP contribution < -0.4 is 4.72 Å². The van der Waals surface area contributed by atoms with Gasteiger partial charge >= 0.3 is 0 Å². The average molecular weight is 323 g/mol. The molecule has 1 fully saturated rings. The summed E-state index contributed by atoms with van der Waals surface area (Å²) in [5.74, 6) is -0.495. The van der Waals surface area contributed by atoms with E-state index in [2.05, 4.69) is 4.72 Å². The molecule has 0 unspecified atom stereocenters. The fraction of sp³-hybridized carbons (Fsp3) is 0.500. The predicted octanol–water partition coefficient (Wildman–Crippen LogP) is 1.63. The zero-order chi connectivity index (χ0) is 14.8. The highest BCUT2D eigenvalue weighted by molar-refractivity contribution is 7.99. The number of aliphatic hydroxyl groups is 1. The van der Waals surface area contributed by atoms with Crippen molar-refractivity contribution in [1.82, 2.24) is 4.72 Å². The van der Waals surface area contributed by atoms with Crippen molar-refractivity contribution in [3.63, 3.8) is 0 Å². The Hall–Kier alpha value is -0.700. The maximum absolute atomic E-state index is 14.0. The molecule has 1 heterocycles. The Balaban J connectivity index is 2.29. The van der Waals surface area contributed by atoms with Crippen LogP contribution in [0.2, 0.25) is 0 Å². The van der Waals surface area contributed by atoms with Crippen LogP contribution >= 0.6 is 11.8 Å². The third-order valence-electron chi connectivity index (χ3n) is 3.14. The maximum atomic E-state index is 14.0. The second kappa shape index (κ2) is 6.38. The fourth-order valence-corrected chi connectivity index (χ4v) is 4.54. The predicted molar refractivity (Wildman–Crippen MR) is 72.9 cm³/mol. The minimum Gasteiger partial charge on any atom is -0.391 e. The van der Waals surface area contributed by atoms with E-state index < -0.39 is 38.7 Å². The molecule has 1 aliphatic heterocycles. The van der Waals surface area contributed by atoms with Gasteiger partial charge in [-0.2, -0.15) is 11.8 Å². The van der Waals surface area contributed by atoms with Crippen molar-refractivity contribution in [2.45, 2.75) is 30.4 Å². The molecule has 0 spiro atoms. The number of hydrogen-bond acceptors (Lipinski definition) is 4. The number of hydrogen-bond donors (Lipinski definition) is 2. The van der Waals surface area contributed by atoms with E-state index in [9.17, 15) is 17.2 Å². The van der Waals surface area contributed by atoms with Gasteiger partial charge in [-0.05, 0) is 36.5 Å². The van der Waals surface area contributed by atoms with E-state index in [1.165, 1.54) is 0 Å². The van der Waals surface area contributed by atoms with Crippen LogP contribution in [0.5, 0.6) is 0 Å². The van der Waals surface area contributed by atoms with E-state index in [0.717, 1.165) is 23.6 Å². The van der Waals surface area contributed by atoms with Crippen molar-refractivity contribution in [3.05, 3.63) is 29.3 Å². The van der Waals surface area contributed by atoms with Crippen LogP contribution in [0.25, 0.3) is 0 Å². The molecule has 2 N–H and O–H groups in total. The Bertz CT molecular complexity index is 587. The van der Waals surface area contributed by atoms with Gasteiger partial charge in [-0.3, -0.25) is 0 Å². The zero-order valence-electron chi connectivity index (χ0n) is 10.6. The monoisotopic (exact) mass is 323 g/mol. The van der Waals surface area contributed by atoms with Gasteiger partial charge in [0.25, 0.3) is 0 Å². The Morgan fingerprint density at radius 1 is 1.30 bits per heavy atom. The lowest BCUT2D eigenvalue weighted by Crippen LogP contribution is -2.37. The molecule has 0 amide bonds. The zero-order valence-corrected chi connectivity index (χ0v) is 12.2. The van der Waals surface area contributed by atoms with Crippen LogP contribution in [0, 0.1) is 11.6 Å². The number of thioether (sulfide) groups is 1. The van der Waals surface area contributed by atoms with Gasteiger partial charge in [0.15, 0.2) is 5.82 Å². The molecule has 0 aliphatic carbocycles. The summed E-state index contributed by atoms with van der Waals surface area (Å²) >= 11 is 1.74. The van der Waals surface area contributed by atoms with Crippen molar-refractivity contribution < 1.29 is 22.3 Å². The summed E-state index contributed by atoms with van der Waals surface area (Å²) in [5, 5.41) is 8.91. The van der Waals surface area contributed by atoms with Crippen molar-refractivity contribution >= 4 is 21.8 Å². The van der Waals surface area contributed by atoms with Gasteiger partial charge < -0.3 is 5.11 Å². The Morgan fingerprint density at radius 3 is 2.55 bits per heavy atom. The SMILES string of the molecule is O=S(=O)(NC1CCSCC1)c1ccc(F)c(CO)c1F. The lowest BCUT2D eigenvalue weighted by atomic mass is 10.2. The minimum absolute atomic E-state index is 0.233. The lowest BCUT2D eigenvalue weighted by Gasteiger charge is -2.22. The second-order valence-electron chi connectivity index (χ2n) is 4.50. The smallest absolute Gasteiger partial charge is 0.243 e. The highest BCUT2D eigenvalue weighted by Crippen LogP contribution is 2.23. The minimum atomic E-state index is -4.05. The lowest BCUT2D eigenvalue weighted by molar-refractivity contribution is 0.267. The molecule has 0 atom stereocenters. The number of benzene rings is 1. The van der Waals surface area contributed by atoms with Crippen LogP contribution in [-0.2, 0) is 16.6 Å². The molecule has 20 heavy (non-hydrogen) atoms. The Morgan fingerprint density at radius 2 is 1.95 bits per heavy atom. The molecule has 112 valence electrons. The Kier molecular flexibility index (Phi) is 5.00. The van der Waals surface area contributed by atoms with Crippen LogP contribution in [0.1, 0.15) is 18.4 Å². The largest absolute Gasteiger partial charge is 0.391 e. The third kappa shape index (κ3) is 3.30. The first-order valence-corrected chi connectivity index (χ1v) is 8.77. The number of aliphatic hydroxyl groups excluding tert-OH is 1. The average Bonchev–Trinajstić information content (AvgIpc) is 2.39. The van der Waals surface area contributed by atoms with Crippen LogP contribution in [0.15, 0.2) is 17.0 Å². The molecule has 4 nitrogen and oxygen atoms in total. The van der Waals surface area contributed by atoms with Crippen molar-refractivity contribution in [3.8, 4) is 0 Å². The summed E-state index contributed by atoms with van der Waals surface area (Å²) < 4.78 is 53.9. The van der Waals surface area contributed by atoms with Gasteiger partial charge in [0.1, 0.15) is 10.7 Å². The van der Waals surface area contributed by atoms with E-state index in [0.29, 0.717) is 12.8 Å². The van der Waals surface area contributed by atoms with Crippen LogP contribution in [0.3, 0.4) is 0 Å². The van der Waals surface area contributed by atoms with Gasteiger partial charge in [0.2, 0.25) is 10.0 Å². The van der Waals surface area contributed by atoms with Crippen LogP contribution in [-0.4, -0.2) is 31.1 Å². The normalized spacial score (nSPS) is 17.4. The third-order valence-corrected chi connectivity index (χ3v) is 5.73. The highest BCUT2D eigenvalue weighted by Gasteiger charge is 2.26. The standard InChI is InChI=1S/C12H15F2NO3S2/c13-10-1-2-11(12(14)9(10)7-16)20(17,18)15-8-3-5-19-6-4-8/h1-2,8,15-16H,3-7H2. The Labute approximate surface area is 120 Å². The highest BCUT2D eigenvalue weighted by atomic mass is 32.2. The summed E-state index contributed by atoms with van der Waals surface area (Å²) in [6.45, 7) is -0.888. The van der Waals surface area contributed by atoms with Gasteiger partial charge in [0.05, 0.1) is 12.2 Å². The van der Waals surface area contributed by atoms with E-state index in [-0.39, 0.29) is 6.04 Å². The van der Waals surface area contributed by atoms with Crippen LogP contribution in [0.4, 0.5) is 8.78 Å². The summed E-state index contributed by atoms with van der Waals surface area (Å²) in [5.41, 5.74) is -0.632. The molecule has 0 aromatic heterocycles. The number of halogens is 2. The summed E-state index contributed by atoms with van der Waals surface area (Å²) in [4.78, 5) is -0.624. The molecular formula is C12H15F2NO3S2. The first-order valence-electron chi connectivity index (χ1n) is 6.13. The number of nitrogens with one attached hydrogen (secondary N) is 1. The van der Waals surface area contributed by atoms with Crippen molar-refractivity contribution in [2.24, 2.45) is 0 Å². The fourth-order valence-electron chi connectivity index (χ4n) is 2.03. The molecule has 2 rings (SSSR count). The van der Waals surface area contributed by atoms with E-state index in [1.54, 1.807) is 11.8 Å². The summed E-state index contributed by atoms with van der Waals surface area (Å²) in [7, 11) is -4.05. The molecule has 0 saturated carbocycles. The first-order chi connectivity index (χ1) is 9.45. The molecule has 0 bridgehead atoms. The second-order valence-corrected chi connectivity index (χ2v) is 7.41. The van der Waals surface area contributed by atoms with Crippen molar-refractivity contribution in [1.29, 1.82) is 0 Å². The summed E-state index contributed by atoms with van der Waals surface area (Å²) in [6.07, 6.45) is 1.36. The van der Waals surface area contributed by atoms with Gasteiger partial charge in [0, 0.05) is 6.04 Å². The van der Waals surface area contributed by atoms with Gasteiger partial charge in [-0.15, -0.1) is 0 Å². The number of rotatable bonds is 4. The van der Waals surface area contributed by atoms with Gasteiger partial charge in [-0.25, -0.2) is 21.9 Å². The molecule has 1 saturated heterocycles. The first kappa shape index (κ1) is 15.7. The molecule has 8 heteroatoms. The molecule has 0 radical (unpaired) electrons. The van der Waals surface area contributed by atoms with Crippen molar-refractivity contribution in [2.75, 3.05) is 11.5 Å². The molecule has 1 aromatic carbocycles. The quantitative estimate of drug-likeness (QED) is 0.884. The molecule has 1 aromatic rings. The van der Waals surface area contributed by atoms with E-state index >= 15 is 0 Å². The number of sulfonamides is 1.